The monoisotopic (exact) mass is 354 g/mol. The smallest absolute Gasteiger partial charge is 0.272 e. The Kier molecular flexibility index (Phi) is 5.68. The number of likely N-dealkylation sites (tertiary alicyclic amines) is 1. The number of hydrogen-bond acceptors (Lipinski definition) is 3. The van der Waals surface area contributed by atoms with Gasteiger partial charge in [0, 0.05) is 18.2 Å². The molecule has 1 saturated heterocycles. The molecule has 1 aromatic heterocycles. The van der Waals surface area contributed by atoms with Crippen molar-refractivity contribution in [2.45, 2.75) is 19.4 Å². The first-order chi connectivity index (χ1) is 10.6. The topological polar surface area (TPSA) is 75.0 Å². The Labute approximate surface area is 146 Å². The van der Waals surface area contributed by atoms with Gasteiger partial charge in [0.25, 0.3) is 5.91 Å². The molecule has 1 aliphatic heterocycles. The number of aromatic amines is 1. The molecule has 7 heteroatoms. The van der Waals surface area contributed by atoms with E-state index in [4.69, 9.17) is 17.3 Å². The standard InChI is InChI=1S/C16H19ClN4O.ClH/c1-10-6-11(8-18)9-21(10)16(22)15-7-14(19-20-15)12-4-2-3-5-13(12)17;/h2-5,7,10-11H,6,8-9,18H2,1H3,(H,19,20);1H. The van der Waals surface area contributed by atoms with Crippen molar-refractivity contribution in [3.8, 4) is 11.3 Å². The van der Waals surface area contributed by atoms with Crippen molar-refractivity contribution in [2.75, 3.05) is 13.1 Å². The van der Waals surface area contributed by atoms with Crippen LogP contribution in [0, 0.1) is 5.92 Å². The van der Waals surface area contributed by atoms with E-state index < -0.39 is 0 Å². The van der Waals surface area contributed by atoms with Crippen molar-refractivity contribution in [3.63, 3.8) is 0 Å². The fourth-order valence-corrected chi connectivity index (χ4v) is 3.22. The molecule has 2 atom stereocenters. The lowest BCUT2D eigenvalue weighted by atomic mass is 10.1. The van der Waals surface area contributed by atoms with E-state index in [0.29, 0.717) is 35.4 Å². The Hall–Kier alpha value is -1.56. The first-order valence-corrected chi connectivity index (χ1v) is 7.79. The summed E-state index contributed by atoms with van der Waals surface area (Å²) in [6, 6.07) is 9.41. The van der Waals surface area contributed by atoms with E-state index in [1.54, 1.807) is 12.1 Å². The van der Waals surface area contributed by atoms with Gasteiger partial charge in [-0.1, -0.05) is 29.8 Å². The van der Waals surface area contributed by atoms with Crippen LogP contribution in [0.5, 0.6) is 0 Å². The summed E-state index contributed by atoms with van der Waals surface area (Å²) in [6.45, 7) is 3.37. The summed E-state index contributed by atoms with van der Waals surface area (Å²) in [5.74, 6) is 0.346. The molecule has 1 fully saturated rings. The van der Waals surface area contributed by atoms with Crippen molar-refractivity contribution in [2.24, 2.45) is 11.7 Å². The number of benzene rings is 1. The molecule has 23 heavy (non-hydrogen) atoms. The Morgan fingerprint density at radius 2 is 2.22 bits per heavy atom. The Bertz CT molecular complexity index is 688. The number of rotatable bonds is 3. The van der Waals surface area contributed by atoms with E-state index in [1.807, 2.05) is 23.1 Å². The number of halogens is 2. The summed E-state index contributed by atoms with van der Waals surface area (Å²) >= 11 is 6.17. The summed E-state index contributed by atoms with van der Waals surface area (Å²) in [6.07, 6.45) is 0.952. The second-order valence-electron chi connectivity index (χ2n) is 5.79. The summed E-state index contributed by atoms with van der Waals surface area (Å²) in [5.41, 5.74) is 7.70. The minimum atomic E-state index is -0.0331. The average Bonchev–Trinajstić information content (AvgIpc) is 3.14. The van der Waals surface area contributed by atoms with Gasteiger partial charge in [0.1, 0.15) is 5.69 Å². The molecule has 2 aromatic rings. The molecule has 2 heterocycles. The number of nitrogens with one attached hydrogen (secondary N) is 1. The SMILES string of the molecule is CC1CC(CN)CN1C(=O)c1cc(-c2ccccc2Cl)n[nH]1.Cl. The van der Waals surface area contributed by atoms with Crippen molar-refractivity contribution < 1.29 is 4.79 Å². The molecule has 124 valence electrons. The zero-order valence-electron chi connectivity index (χ0n) is 12.8. The Morgan fingerprint density at radius 1 is 1.48 bits per heavy atom. The first kappa shape index (κ1) is 17.8. The van der Waals surface area contributed by atoms with Crippen LogP contribution in [0.4, 0.5) is 0 Å². The van der Waals surface area contributed by atoms with Crippen LogP contribution in [0.2, 0.25) is 5.02 Å². The second kappa shape index (κ2) is 7.34. The Morgan fingerprint density at radius 3 is 2.87 bits per heavy atom. The first-order valence-electron chi connectivity index (χ1n) is 7.41. The highest BCUT2D eigenvalue weighted by Gasteiger charge is 2.32. The molecular weight excluding hydrogens is 335 g/mol. The van der Waals surface area contributed by atoms with E-state index in [1.165, 1.54) is 0 Å². The number of nitrogens with zero attached hydrogens (tertiary/aromatic N) is 2. The molecule has 5 nitrogen and oxygen atoms in total. The average molecular weight is 355 g/mol. The summed E-state index contributed by atoms with van der Waals surface area (Å²) in [7, 11) is 0. The Balaban J connectivity index is 0.00000192. The maximum atomic E-state index is 12.6. The highest BCUT2D eigenvalue weighted by molar-refractivity contribution is 6.33. The summed E-state index contributed by atoms with van der Waals surface area (Å²) < 4.78 is 0. The molecule has 0 saturated carbocycles. The zero-order chi connectivity index (χ0) is 15.7. The third kappa shape index (κ3) is 3.52. The molecule has 0 radical (unpaired) electrons. The lowest BCUT2D eigenvalue weighted by Gasteiger charge is -2.20. The van der Waals surface area contributed by atoms with E-state index in [-0.39, 0.29) is 24.4 Å². The quantitative estimate of drug-likeness (QED) is 0.889. The van der Waals surface area contributed by atoms with Gasteiger partial charge in [0.2, 0.25) is 0 Å². The van der Waals surface area contributed by atoms with Gasteiger partial charge in [0.05, 0.1) is 10.7 Å². The zero-order valence-corrected chi connectivity index (χ0v) is 14.4. The molecular formula is C16H20Cl2N4O. The molecule has 0 bridgehead atoms. The van der Waals surface area contributed by atoms with Gasteiger partial charge in [-0.05, 0) is 37.9 Å². The highest BCUT2D eigenvalue weighted by Crippen LogP contribution is 2.28. The van der Waals surface area contributed by atoms with Crippen LogP contribution >= 0.6 is 24.0 Å². The van der Waals surface area contributed by atoms with Crippen LogP contribution in [0.1, 0.15) is 23.8 Å². The maximum Gasteiger partial charge on any atom is 0.272 e. The van der Waals surface area contributed by atoms with Crippen LogP contribution in [-0.4, -0.2) is 40.1 Å². The molecule has 1 amide bonds. The minimum Gasteiger partial charge on any atom is -0.334 e. The van der Waals surface area contributed by atoms with E-state index in [0.717, 1.165) is 12.0 Å². The van der Waals surface area contributed by atoms with Crippen LogP contribution in [0.25, 0.3) is 11.3 Å². The number of amides is 1. The van der Waals surface area contributed by atoms with Gasteiger partial charge in [-0.25, -0.2) is 0 Å². The van der Waals surface area contributed by atoms with Crippen LogP contribution < -0.4 is 5.73 Å². The molecule has 3 N–H and O–H groups in total. The molecule has 1 aliphatic rings. The lowest BCUT2D eigenvalue weighted by Crippen LogP contribution is -2.34. The van der Waals surface area contributed by atoms with Gasteiger partial charge >= 0.3 is 0 Å². The van der Waals surface area contributed by atoms with Gasteiger partial charge < -0.3 is 10.6 Å². The number of aromatic nitrogens is 2. The van der Waals surface area contributed by atoms with Gasteiger partial charge in [0.15, 0.2) is 0 Å². The van der Waals surface area contributed by atoms with Crippen molar-refractivity contribution >= 4 is 29.9 Å². The minimum absolute atomic E-state index is 0. The largest absolute Gasteiger partial charge is 0.334 e. The predicted molar refractivity (Wildman–Crippen MR) is 93.9 cm³/mol. The van der Waals surface area contributed by atoms with Crippen LogP contribution in [0.3, 0.4) is 0 Å². The molecule has 2 unspecified atom stereocenters. The number of H-pyrrole nitrogens is 1. The van der Waals surface area contributed by atoms with Gasteiger partial charge in [-0.3, -0.25) is 9.89 Å². The number of nitrogens with two attached hydrogens (primary N) is 1. The van der Waals surface area contributed by atoms with E-state index in [9.17, 15) is 4.79 Å². The van der Waals surface area contributed by atoms with Crippen molar-refractivity contribution in [1.29, 1.82) is 0 Å². The third-order valence-electron chi connectivity index (χ3n) is 4.21. The van der Waals surface area contributed by atoms with Crippen LogP contribution in [-0.2, 0) is 0 Å². The number of hydrogen-bond donors (Lipinski definition) is 2. The van der Waals surface area contributed by atoms with Crippen LogP contribution in [0.15, 0.2) is 30.3 Å². The molecule has 1 aromatic carbocycles. The summed E-state index contributed by atoms with van der Waals surface area (Å²) in [5, 5.41) is 7.67. The maximum absolute atomic E-state index is 12.6. The fourth-order valence-electron chi connectivity index (χ4n) is 2.99. The van der Waals surface area contributed by atoms with E-state index >= 15 is 0 Å². The fraction of sp³-hybridized carbons (Fsp3) is 0.375. The molecule has 0 spiro atoms. The number of carbonyl (C=O) groups excluding carboxylic acids is 1. The lowest BCUT2D eigenvalue weighted by molar-refractivity contribution is 0.0737. The summed E-state index contributed by atoms with van der Waals surface area (Å²) in [4.78, 5) is 14.5. The third-order valence-corrected chi connectivity index (χ3v) is 4.54. The normalized spacial score (nSPS) is 20.4. The van der Waals surface area contributed by atoms with E-state index in [2.05, 4.69) is 17.1 Å². The highest BCUT2D eigenvalue weighted by atomic mass is 35.5. The van der Waals surface area contributed by atoms with Gasteiger partial charge in [-0.2, -0.15) is 5.10 Å². The second-order valence-corrected chi connectivity index (χ2v) is 6.20. The predicted octanol–water partition coefficient (Wildman–Crippen LogP) is 2.96. The molecule has 3 rings (SSSR count). The van der Waals surface area contributed by atoms with Crippen molar-refractivity contribution in [1.82, 2.24) is 15.1 Å². The number of carbonyl (C=O) groups is 1. The molecule has 0 aliphatic carbocycles. The van der Waals surface area contributed by atoms with Gasteiger partial charge in [-0.15, -0.1) is 12.4 Å². The van der Waals surface area contributed by atoms with Crippen molar-refractivity contribution in [3.05, 3.63) is 41.0 Å².